The fraction of sp³-hybridized carbons (Fsp3) is 0.519. The fourth-order valence-corrected chi connectivity index (χ4v) is 5.30. The van der Waals surface area contributed by atoms with Gasteiger partial charge in [-0.1, -0.05) is 0 Å². The molecule has 3 N–H and O–H groups in total. The van der Waals surface area contributed by atoms with Crippen molar-refractivity contribution < 1.29 is 14.3 Å². The van der Waals surface area contributed by atoms with Crippen LogP contribution in [-0.2, 0) is 13.6 Å². The molecule has 190 valence electrons. The van der Waals surface area contributed by atoms with Crippen LogP contribution in [0.2, 0.25) is 0 Å². The molecule has 36 heavy (non-hydrogen) atoms. The minimum atomic E-state index is -0.0475. The van der Waals surface area contributed by atoms with Gasteiger partial charge in [0.2, 0.25) is 0 Å². The Morgan fingerprint density at radius 1 is 1.17 bits per heavy atom. The summed E-state index contributed by atoms with van der Waals surface area (Å²) >= 11 is 0. The van der Waals surface area contributed by atoms with Crippen molar-refractivity contribution in [1.29, 1.82) is 0 Å². The van der Waals surface area contributed by atoms with Crippen LogP contribution in [0.3, 0.4) is 0 Å². The molecule has 9 heteroatoms. The van der Waals surface area contributed by atoms with Gasteiger partial charge in [0.15, 0.2) is 5.82 Å². The normalized spacial score (nSPS) is 20.1. The number of hydrogen-bond donors (Lipinski definition) is 2. The molecule has 0 radical (unpaired) electrons. The number of nitrogens with two attached hydrogens (primary N) is 1. The molecular weight excluding hydrogens is 456 g/mol. The molecule has 1 atom stereocenters. The molecule has 2 aliphatic carbocycles. The molecule has 1 aliphatic heterocycles. The van der Waals surface area contributed by atoms with Crippen molar-refractivity contribution in [2.45, 2.75) is 57.2 Å². The van der Waals surface area contributed by atoms with Gasteiger partial charge in [-0.2, -0.15) is 0 Å². The molecular formula is C27H34N6O3. The Balaban J connectivity index is 1.40. The first-order chi connectivity index (χ1) is 17.4. The van der Waals surface area contributed by atoms with Crippen LogP contribution < -0.4 is 15.8 Å². The lowest BCUT2D eigenvalue weighted by Crippen LogP contribution is -2.45. The highest BCUT2D eigenvalue weighted by molar-refractivity contribution is 6.00. The predicted molar refractivity (Wildman–Crippen MR) is 137 cm³/mol. The minimum Gasteiger partial charge on any atom is -0.494 e. The lowest BCUT2D eigenvalue weighted by atomic mass is 10.0. The molecule has 2 amide bonds. The lowest BCUT2D eigenvalue weighted by molar-refractivity contribution is 0.0708. The van der Waals surface area contributed by atoms with E-state index in [9.17, 15) is 9.59 Å². The Morgan fingerprint density at radius 2 is 1.97 bits per heavy atom. The first kappa shape index (κ1) is 23.1. The van der Waals surface area contributed by atoms with Gasteiger partial charge in [0.05, 0.1) is 18.3 Å². The molecule has 2 aromatic heterocycles. The second-order valence-electron chi connectivity index (χ2n) is 10.6. The second-order valence-corrected chi connectivity index (χ2v) is 10.6. The summed E-state index contributed by atoms with van der Waals surface area (Å²) in [5.41, 5.74) is 9.77. The molecule has 3 heterocycles. The van der Waals surface area contributed by atoms with Gasteiger partial charge in [0.1, 0.15) is 17.0 Å². The molecule has 1 aromatic carbocycles. The van der Waals surface area contributed by atoms with E-state index in [4.69, 9.17) is 15.5 Å². The number of benzene rings is 1. The number of fused-ring (bicyclic) bond motifs is 1. The molecule has 9 nitrogen and oxygen atoms in total. The van der Waals surface area contributed by atoms with Gasteiger partial charge in [-0.3, -0.25) is 9.59 Å². The van der Waals surface area contributed by atoms with Crippen molar-refractivity contribution in [1.82, 2.24) is 24.3 Å². The lowest BCUT2D eigenvalue weighted by Gasteiger charge is -2.30. The standard InChI is InChI=1S/C27H34N6O3/c1-31-24-20(12-17(13-23(24)36-2)27(35)32-11-3-4-18(28)15-32)30-25(31)21-9-10-22(26(34)29-19-7-8-19)33(21)14-16-5-6-16/h9-10,12-13,16,18-19H,3-8,11,14-15,28H2,1-2H3,(H,29,34). The molecule has 3 aromatic rings. The van der Waals surface area contributed by atoms with Crippen molar-refractivity contribution in [3.63, 3.8) is 0 Å². The van der Waals surface area contributed by atoms with Crippen LogP contribution in [0.25, 0.3) is 22.6 Å². The Labute approximate surface area is 210 Å². The van der Waals surface area contributed by atoms with Gasteiger partial charge in [0, 0.05) is 44.3 Å². The van der Waals surface area contributed by atoms with E-state index < -0.39 is 0 Å². The minimum absolute atomic E-state index is 0.0142. The molecule has 2 saturated carbocycles. The van der Waals surface area contributed by atoms with E-state index in [1.54, 1.807) is 13.2 Å². The zero-order valence-corrected chi connectivity index (χ0v) is 21.0. The number of likely N-dealkylation sites (tertiary alicyclic amines) is 1. The average molecular weight is 491 g/mol. The van der Waals surface area contributed by atoms with Gasteiger partial charge in [-0.15, -0.1) is 0 Å². The number of piperidine rings is 1. The van der Waals surface area contributed by atoms with E-state index in [-0.39, 0.29) is 17.9 Å². The Hall–Kier alpha value is -3.33. The van der Waals surface area contributed by atoms with Crippen LogP contribution in [0.15, 0.2) is 24.3 Å². The number of amides is 2. The van der Waals surface area contributed by atoms with E-state index in [2.05, 4.69) is 9.88 Å². The smallest absolute Gasteiger partial charge is 0.268 e. The van der Waals surface area contributed by atoms with E-state index in [1.165, 1.54) is 12.8 Å². The van der Waals surface area contributed by atoms with Gasteiger partial charge >= 0.3 is 0 Å². The van der Waals surface area contributed by atoms with Crippen LogP contribution in [0.1, 0.15) is 59.4 Å². The zero-order chi connectivity index (χ0) is 25.0. The number of carbonyl (C=O) groups excluding carboxylic acids is 2. The largest absolute Gasteiger partial charge is 0.494 e. The summed E-state index contributed by atoms with van der Waals surface area (Å²) in [6, 6.07) is 7.85. The molecule has 1 unspecified atom stereocenters. The summed E-state index contributed by atoms with van der Waals surface area (Å²) in [6.07, 6.45) is 6.33. The Kier molecular flexibility index (Phi) is 5.75. The molecule has 6 rings (SSSR count). The quantitative estimate of drug-likeness (QED) is 0.530. The average Bonchev–Trinajstić information content (AvgIpc) is 3.79. The summed E-state index contributed by atoms with van der Waals surface area (Å²) in [7, 11) is 3.57. The number of carbonyl (C=O) groups is 2. The summed E-state index contributed by atoms with van der Waals surface area (Å²) < 4.78 is 9.84. The van der Waals surface area contributed by atoms with Gasteiger partial charge in [0.25, 0.3) is 11.8 Å². The fourth-order valence-electron chi connectivity index (χ4n) is 5.30. The van der Waals surface area contributed by atoms with Crippen LogP contribution >= 0.6 is 0 Å². The van der Waals surface area contributed by atoms with Gasteiger partial charge in [-0.25, -0.2) is 4.98 Å². The highest BCUT2D eigenvalue weighted by Crippen LogP contribution is 2.36. The van der Waals surface area contributed by atoms with E-state index in [0.29, 0.717) is 47.6 Å². The monoisotopic (exact) mass is 490 g/mol. The van der Waals surface area contributed by atoms with E-state index in [1.807, 2.05) is 34.7 Å². The first-order valence-electron chi connectivity index (χ1n) is 13.0. The number of rotatable bonds is 7. The van der Waals surface area contributed by atoms with Crippen molar-refractivity contribution in [2.75, 3.05) is 20.2 Å². The Bertz CT molecular complexity index is 1330. The van der Waals surface area contributed by atoms with Crippen molar-refractivity contribution >= 4 is 22.8 Å². The molecule has 0 spiro atoms. The van der Waals surface area contributed by atoms with Crippen LogP contribution in [-0.4, -0.2) is 63.1 Å². The van der Waals surface area contributed by atoms with E-state index >= 15 is 0 Å². The van der Waals surface area contributed by atoms with E-state index in [0.717, 1.165) is 49.3 Å². The second kappa shape index (κ2) is 8.96. The number of methoxy groups -OCH3 is 1. The number of aromatic nitrogens is 3. The topological polar surface area (TPSA) is 107 Å². The Morgan fingerprint density at radius 3 is 2.67 bits per heavy atom. The van der Waals surface area contributed by atoms with Crippen molar-refractivity contribution in [3.8, 4) is 17.3 Å². The summed E-state index contributed by atoms with van der Waals surface area (Å²) in [4.78, 5) is 33.1. The third-order valence-electron chi connectivity index (χ3n) is 7.64. The first-order valence-corrected chi connectivity index (χ1v) is 13.0. The predicted octanol–water partition coefficient (Wildman–Crippen LogP) is 2.92. The molecule has 1 saturated heterocycles. The SMILES string of the molecule is COc1cc(C(=O)N2CCCC(N)C2)cc2nc(-c3ccc(C(=O)NC4CC4)n3CC3CC3)n(C)c12. The summed E-state index contributed by atoms with van der Waals surface area (Å²) in [5.74, 6) is 1.87. The third-order valence-corrected chi connectivity index (χ3v) is 7.64. The summed E-state index contributed by atoms with van der Waals surface area (Å²) in [5, 5.41) is 3.12. The van der Waals surface area contributed by atoms with Crippen LogP contribution in [0.5, 0.6) is 5.75 Å². The maximum atomic E-state index is 13.3. The van der Waals surface area contributed by atoms with Crippen molar-refractivity contribution in [3.05, 3.63) is 35.5 Å². The highest BCUT2D eigenvalue weighted by atomic mass is 16.5. The van der Waals surface area contributed by atoms with Gasteiger partial charge in [-0.05, 0) is 68.7 Å². The maximum absolute atomic E-state index is 13.3. The van der Waals surface area contributed by atoms with Crippen LogP contribution in [0.4, 0.5) is 0 Å². The number of aryl methyl sites for hydroxylation is 1. The summed E-state index contributed by atoms with van der Waals surface area (Å²) in [6.45, 7) is 2.07. The molecule has 3 fully saturated rings. The zero-order valence-electron chi connectivity index (χ0n) is 21.0. The number of nitrogens with one attached hydrogen (secondary N) is 1. The maximum Gasteiger partial charge on any atom is 0.268 e. The third kappa shape index (κ3) is 4.25. The number of imidazole rings is 1. The molecule has 3 aliphatic rings. The van der Waals surface area contributed by atoms with Crippen molar-refractivity contribution in [2.24, 2.45) is 18.7 Å². The number of hydrogen-bond acceptors (Lipinski definition) is 5. The van der Waals surface area contributed by atoms with Gasteiger partial charge < -0.3 is 29.8 Å². The molecule has 0 bridgehead atoms. The van der Waals surface area contributed by atoms with Crippen LogP contribution in [0, 0.1) is 5.92 Å². The number of nitrogens with zero attached hydrogens (tertiary/aromatic N) is 4. The number of ether oxygens (including phenoxy) is 1. The highest BCUT2D eigenvalue weighted by Gasteiger charge is 2.30.